The minimum atomic E-state index is -0.486. The quantitative estimate of drug-likeness (QED) is 0.849. The Morgan fingerprint density at radius 2 is 1.95 bits per heavy atom. The second-order valence-electron chi connectivity index (χ2n) is 5.57. The van der Waals surface area contributed by atoms with Crippen molar-refractivity contribution in [2.45, 2.75) is 31.8 Å². The second kappa shape index (κ2) is 6.05. The predicted octanol–water partition coefficient (Wildman–Crippen LogP) is 2.75. The number of nitrogen functional groups attached to an aromatic ring is 1. The van der Waals surface area contributed by atoms with Crippen LogP contribution < -0.4 is 16.2 Å². The number of nitrogens with two attached hydrogens (primary N) is 2. The summed E-state index contributed by atoms with van der Waals surface area (Å²) in [4.78, 5) is 15.6. The molecule has 5 nitrogen and oxygen atoms in total. The maximum atomic E-state index is 11.3. The van der Waals surface area contributed by atoms with Crippen LogP contribution in [0.15, 0.2) is 36.5 Å². The van der Waals surface area contributed by atoms with Crippen molar-refractivity contribution in [3.8, 4) is 17.0 Å². The fraction of sp³-hybridized carbons (Fsp3) is 0.294. The summed E-state index contributed by atoms with van der Waals surface area (Å²) in [7, 11) is 0. The van der Waals surface area contributed by atoms with Crippen LogP contribution in [0.1, 0.15) is 36.0 Å². The van der Waals surface area contributed by atoms with Crippen LogP contribution in [0.3, 0.4) is 0 Å². The molecule has 4 N–H and O–H groups in total. The van der Waals surface area contributed by atoms with Gasteiger partial charge in [-0.25, -0.2) is 0 Å². The van der Waals surface area contributed by atoms with Gasteiger partial charge in [-0.15, -0.1) is 0 Å². The van der Waals surface area contributed by atoms with Gasteiger partial charge in [0.15, 0.2) is 0 Å². The van der Waals surface area contributed by atoms with Crippen molar-refractivity contribution in [2.24, 2.45) is 5.73 Å². The smallest absolute Gasteiger partial charge is 0.248 e. The first-order chi connectivity index (χ1) is 10.6. The van der Waals surface area contributed by atoms with E-state index in [1.807, 2.05) is 12.1 Å². The zero-order chi connectivity index (χ0) is 15.5. The van der Waals surface area contributed by atoms with Crippen molar-refractivity contribution >= 4 is 11.6 Å². The standard InChI is InChI=1S/C17H19N3O2/c18-15-6-5-13(22-12-3-1-2-4-12)10-14(15)16-9-11(17(19)21)7-8-20-16/h5-10,12H,1-4,18H2,(H2,19,21). The highest BCUT2D eigenvalue weighted by Gasteiger charge is 2.17. The van der Waals surface area contributed by atoms with Crippen LogP contribution >= 0.6 is 0 Å². The fourth-order valence-corrected chi connectivity index (χ4v) is 2.76. The molecule has 1 aliphatic carbocycles. The number of amides is 1. The monoisotopic (exact) mass is 297 g/mol. The van der Waals surface area contributed by atoms with Gasteiger partial charge < -0.3 is 16.2 Å². The maximum absolute atomic E-state index is 11.3. The lowest BCUT2D eigenvalue weighted by molar-refractivity contribution is 0.1000. The van der Waals surface area contributed by atoms with Gasteiger partial charge in [0.25, 0.3) is 0 Å². The SMILES string of the molecule is NC(=O)c1ccnc(-c2cc(OC3CCCC3)ccc2N)c1. The highest BCUT2D eigenvalue weighted by Crippen LogP contribution is 2.31. The summed E-state index contributed by atoms with van der Waals surface area (Å²) in [6, 6.07) is 8.78. The first-order valence-corrected chi connectivity index (χ1v) is 7.46. The van der Waals surface area contributed by atoms with Crippen molar-refractivity contribution in [2.75, 3.05) is 5.73 Å². The Balaban J connectivity index is 1.92. The van der Waals surface area contributed by atoms with Crippen LogP contribution in [0.2, 0.25) is 0 Å². The van der Waals surface area contributed by atoms with Crippen molar-refractivity contribution < 1.29 is 9.53 Å². The zero-order valence-corrected chi connectivity index (χ0v) is 12.3. The first-order valence-electron chi connectivity index (χ1n) is 7.46. The van der Waals surface area contributed by atoms with Gasteiger partial charge in [-0.05, 0) is 56.0 Å². The topological polar surface area (TPSA) is 91.2 Å². The van der Waals surface area contributed by atoms with E-state index < -0.39 is 5.91 Å². The number of carbonyl (C=O) groups excluding carboxylic acids is 1. The Labute approximate surface area is 129 Å². The molecular formula is C17H19N3O2. The number of hydrogen-bond acceptors (Lipinski definition) is 4. The summed E-state index contributed by atoms with van der Waals surface area (Å²) in [5.41, 5.74) is 13.7. The van der Waals surface area contributed by atoms with Crippen LogP contribution in [0.5, 0.6) is 5.75 Å². The molecule has 3 rings (SSSR count). The van der Waals surface area contributed by atoms with Crippen molar-refractivity contribution in [3.63, 3.8) is 0 Å². The van der Waals surface area contributed by atoms with Crippen LogP contribution in [0.4, 0.5) is 5.69 Å². The number of pyridine rings is 1. The molecule has 1 aromatic heterocycles. The third kappa shape index (κ3) is 3.03. The van der Waals surface area contributed by atoms with E-state index in [9.17, 15) is 4.79 Å². The summed E-state index contributed by atoms with van der Waals surface area (Å²) >= 11 is 0. The maximum Gasteiger partial charge on any atom is 0.248 e. The predicted molar refractivity (Wildman–Crippen MR) is 85.5 cm³/mol. The number of benzene rings is 1. The summed E-state index contributed by atoms with van der Waals surface area (Å²) in [5, 5.41) is 0. The molecule has 0 unspecified atom stereocenters. The number of rotatable bonds is 4. The fourth-order valence-electron chi connectivity index (χ4n) is 2.76. The van der Waals surface area contributed by atoms with E-state index in [0.29, 0.717) is 16.9 Å². The first kappa shape index (κ1) is 14.4. The number of carbonyl (C=O) groups is 1. The average Bonchev–Trinajstić information content (AvgIpc) is 3.02. The molecule has 5 heteroatoms. The number of ether oxygens (including phenoxy) is 1. The minimum absolute atomic E-state index is 0.279. The Bertz CT molecular complexity index is 694. The van der Waals surface area contributed by atoms with E-state index in [-0.39, 0.29) is 6.10 Å². The average molecular weight is 297 g/mol. The number of anilines is 1. The van der Waals surface area contributed by atoms with Crippen LogP contribution in [0, 0.1) is 0 Å². The van der Waals surface area contributed by atoms with Gasteiger partial charge in [0.2, 0.25) is 5.91 Å². The second-order valence-corrected chi connectivity index (χ2v) is 5.57. The summed E-state index contributed by atoms with van der Waals surface area (Å²) in [6.45, 7) is 0. The molecule has 1 saturated carbocycles. The molecule has 1 aromatic carbocycles. The normalized spacial score (nSPS) is 14.9. The summed E-state index contributed by atoms with van der Waals surface area (Å²) in [5.74, 6) is 0.294. The highest BCUT2D eigenvalue weighted by molar-refractivity contribution is 5.94. The van der Waals surface area contributed by atoms with Crippen LogP contribution in [-0.2, 0) is 0 Å². The zero-order valence-electron chi connectivity index (χ0n) is 12.3. The third-order valence-corrected chi connectivity index (χ3v) is 3.95. The molecule has 1 amide bonds. The molecule has 0 radical (unpaired) electrons. The van der Waals surface area contributed by atoms with Crippen molar-refractivity contribution in [3.05, 3.63) is 42.1 Å². The number of aromatic nitrogens is 1. The Morgan fingerprint density at radius 1 is 1.18 bits per heavy atom. The van der Waals surface area contributed by atoms with E-state index in [2.05, 4.69) is 4.98 Å². The van der Waals surface area contributed by atoms with Crippen molar-refractivity contribution in [1.82, 2.24) is 4.98 Å². The molecule has 1 fully saturated rings. The molecule has 0 atom stereocenters. The third-order valence-electron chi connectivity index (χ3n) is 3.95. The Morgan fingerprint density at radius 3 is 2.68 bits per heavy atom. The molecule has 0 aliphatic heterocycles. The summed E-state index contributed by atoms with van der Waals surface area (Å²) < 4.78 is 6.00. The Hall–Kier alpha value is -2.56. The van der Waals surface area contributed by atoms with Crippen molar-refractivity contribution in [1.29, 1.82) is 0 Å². The summed E-state index contributed by atoms with van der Waals surface area (Å²) in [6.07, 6.45) is 6.45. The van der Waals surface area contributed by atoms with Gasteiger partial charge in [-0.3, -0.25) is 9.78 Å². The number of nitrogens with zero attached hydrogens (tertiary/aromatic N) is 1. The lowest BCUT2D eigenvalue weighted by atomic mass is 10.1. The van der Waals surface area contributed by atoms with Gasteiger partial charge >= 0.3 is 0 Å². The number of hydrogen-bond donors (Lipinski definition) is 2. The van der Waals surface area contributed by atoms with Gasteiger partial charge in [0.05, 0.1) is 11.8 Å². The molecule has 0 saturated heterocycles. The largest absolute Gasteiger partial charge is 0.490 e. The van der Waals surface area contributed by atoms with Gasteiger partial charge in [-0.1, -0.05) is 0 Å². The van der Waals surface area contributed by atoms with Gasteiger partial charge in [0, 0.05) is 23.0 Å². The molecule has 0 spiro atoms. The molecule has 0 bridgehead atoms. The van der Waals surface area contributed by atoms with E-state index in [4.69, 9.17) is 16.2 Å². The molecule has 1 aliphatic rings. The minimum Gasteiger partial charge on any atom is -0.490 e. The van der Waals surface area contributed by atoms with E-state index in [1.54, 1.807) is 24.4 Å². The highest BCUT2D eigenvalue weighted by atomic mass is 16.5. The molecular weight excluding hydrogens is 278 g/mol. The molecule has 22 heavy (non-hydrogen) atoms. The number of primary amides is 1. The van der Waals surface area contributed by atoms with E-state index in [0.717, 1.165) is 24.2 Å². The Kier molecular flexibility index (Phi) is 3.96. The van der Waals surface area contributed by atoms with Crippen LogP contribution in [-0.4, -0.2) is 17.0 Å². The van der Waals surface area contributed by atoms with Gasteiger partial charge in [-0.2, -0.15) is 0 Å². The van der Waals surface area contributed by atoms with Gasteiger partial charge in [0.1, 0.15) is 5.75 Å². The molecule has 1 heterocycles. The molecule has 2 aromatic rings. The molecule has 114 valence electrons. The lowest BCUT2D eigenvalue weighted by Gasteiger charge is -2.15. The lowest BCUT2D eigenvalue weighted by Crippen LogP contribution is -2.11. The van der Waals surface area contributed by atoms with E-state index in [1.165, 1.54) is 12.8 Å². The van der Waals surface area contributed by atoms with Crippen LogP contribution in [0.25, 0.3) is 11.3 Å². The van der Waals surface area contributed by atoms with E-state index >= 15 is 0 Å².